The topological polar surface area (TPSA) is 55.8 Å². The Morgan fingerprint density at radius 2 is 1.78 bits per heavy atom. The zero-order valence-electron chi connectivity index (χ0n) is 13.6. The number of benzene rings is 1. The summed E-state index contributed by atoms with van der Waals surface area (Å²) >= 11 is 10.3. The van der Waals surface area contributed by atoms with E-state index in [9.17, 15) is 9.90 Å². The molecule has 1 N–H and O–H groups in total. The van der Waals surface area contributed by atoms with Crippen molar-refractivity contribution in [2.24, 2.45) is 0 Å². The molecule has 0 radical (unpaired) electrons. The fraction of sp³-hybridized carbons (Fsp3) is 0.438. The number of halogens is 1. The monoisotopic (exact) mass is 354 g/mol. The fourth-order valence-electron chi connectivity index (χ4n) is 2.22. The van der Waals surface area contributed by atoms with Gasteiger partial charge in [0.2, 0.25) is 0 Å². The lowest BCUT2D eigenvalue weighted by Crippen LogP contribution is -2.41. The maximum atomic E-state index is 11.0. The van der Waals surface area contributed by atoms with Crippen LogP contribution in [0.15, 0.2) is 17.6 Å². The van der Waals surface area contributed by atoms with Crippen LogP contribution in [0.2, 0.25) is 5.02 Å². The zero-order valence-corrected chi connectivity index (χ0v) is 15.2. The molecule has 0 aliphatic carbocycles. The number of aldehydes is 1. The second kappa shape index (κ2) is 6.51. The Morgan fingerprint density at radius 1 is 1.26 bits per heavy atom. The summed E-state index contributed by atoms with van der Waals surface area (Å²) in [5, 5.41) is 10.5. The number of phenolic OH excluding ortho intramolecular Hbond substituents is 1. The average Bonchev–Trinajstić information content (AvgIpc) is 2.67. The molecule has 1 aliphatic heterocycles. The molecule has 1 saturated heterocycles. The van der Waals surface area contributed by atoms with Gasteiger partial charge >= 0.3 is 7.12 Å². The molecule has 1 aliphatic rings. The molecule has 0 saturated carbocycles. The van der Waals surface area contributed by atoms with E-state index >= 15 is 0 Å². The van der Waals surface area contributed by atoms with Gasteiger partial charge in [-0.3, -0.25) is 4.79 Å². The summed E-state index contributed by atoms with van der Waals surface area (Å²) in [4.78, 5) is 11.0. The van der Waals surface area contributed by atoms with Crippen molar-refractivity contribution in [2.45, 2.75) is 38.9 Å². The van der Waals surface area contributed by atoms with Gasteiger partial charge in [-0.2, -0.15) is 12.6 Å². The molecule has 1 heterocycles. The quantitative estimate of drug-likeness (QED) is 0.490. The van der Waals surface area contributed by atoms with E-state index < -0.39 is 18.3 Å². The van der Waals surface area contributed by atoms with E-state index in [1.807, 2.05) is 27.7 Å². The Balaban J connectivity index is 2.42. The van der Waals surface area contributed by atoms with Crippen LogP contribution in [0.25, 0.3) is 6.08 Å². The van der Waals surface area contributed by atoms with Gasteiger partial charge in [-0.05, 0) is 45.3 Å². The van der Waals surface area contributed by atoms with E-state index in [4.69, 9.17) is 20.9 Å². The van der Waals surface area contributed by atoms with Crippen molar-refractivity contribution in [2.75, 3.05) is 5.75 Å². The smallest absolute Gasteiger partial charge is 0.491 e. The van der Waals surface area contributed by atoms with Gasteiger partial charge in [-0.1, -0.05) is 17.7 Å². The van der Waals surface area contributed by atoms with Crippen LogP contribution in [0.5, 0.6) is 5.75 Å². The summed E-state index contributed by atoms with van der Waals surface area (Å²) in [6.07, 6.45) is 2.26. The van der Waals surface area contributed by atoms with E-state index in [1.165, 1.54) is 6.07 Å². The number of hydrogen-bond donors (Lipinski definition) is 2. The predicted molar refractivity (Wildman–Crippen MR) is 96.4 cm³/mol. The maximum absolute atomic E-state index is 11.0. The molecule has 0 unspecified atom stereocenters. The van der Waals surface area contributed by atoms with Gasteiger partial charge in [-0.15, -0.1) is 0 Å². The van der Waals surface area contributed by atoms with Crippen molar-refractivity contribution in [3.63, 3.8) is 0 Å². The largest absolute Gasteiger partial charge is 0.507 e. The first-order valence-corrected chi connectivity index (χ1v) is 8.27. The van der Waals surface area contributed by atoms with Crippen molar-refractivity contribution in [3.8, 4) is 5.75 Å². The minimum atomic E-state index is -0.574. The Morgan fingerprint density at radius 3 is 2.26 bits per heavy atom. The van der Waals surface area contributed by atoms with Crippen LogP contribution in [-0.4, -0.2) is 35.5 Å². The molecule has 1 aromatic carbocycles. The van der Waals surface area contributed by atoms with Crippen LogP contribution in [0, 0.1) is 0 Å². The van der Waals surface area contributed by atoms with E-state index in [-0.39, 0.29) is 11.3 Å². The van der Waals surface area contributed by atoms with Gasteiger partial charge < -0.3 is 14.4 Å². The molecular weight excluding hydrogens is 335 g/mol. The Labute approximate surface area is 147 Å². The number of aromatic hydroxyl groups is 1. The molecule has 2 rings (SSSR count). The first-order chi connectivity index (χ1) is 10.6. The van der Waals surface area contributed by atoms with E-state index in [0.717, 1.165) is 5.47 Å². The van der Waals surface area contributed by atoms with Crippen molar-refractivity contribution in [1.82, 2.24) is 0 Å². The van der Waals surface area contributed by atoms with Gasteiger partial charge in [-0.25, -0.2) is 0 Å². The molecule has 0 amide bonds. The number of rotatable bonds is 4. The van der Waals surface area contributed by atoms with Crippen LogP contribution < -0.4 is 0 Å². The average molecular weight is 355 g/mol. The van der Waals surface area contributed by atoms with E-state index in [0.29, 0.717) is 22.6 Å². The predicted octanol–water partition coefficient (Wildman–Crippen LogP) is 3.80. The van der Waals surface area contributed by atoms with Crippen LogP contribution in [0.4, 0.5) is 0 Å². The molecule has 0 atom stereocenters. The third-order valence-electron chi connectivity index (χ3n) is 4.34. The summed E-state index contributed by atoms with van der Waals surface area (Å²) in [6, 6.07) is 2.99. The lowest BCUT2D eigenvalue weighted by molar-refractivity contribution is 0.00578. The van der Waals surface area contributed by atoms with Crippen molar-refractivity contribution < 1.29 is 19.2 Å². The third-order valence-corrected chi connectivity index (χ3v) is 4.92. The number of phenols is 1. The minimum Gasteiger partial charge on any atom is -0.507 e. The molecule has 23 heavy (non-hydrogen) atoms. The molecule has 0 aromatic heterocycles. The molecule has 0 spiro atoms. The Kier molecular flexibility index (Phi) is 5.21. The number of carbonyl (C=O) groups is 1. The summed E-state index contributed by atoms with van der Waals surface area (Å²) in [7, 11) is -0.574. The third kappa shape index (κ3) is 3.60. The summed E-state index contributed by atoms with van der Waals surface area (Å²) in [6.45, 7) is 7.85. The van der Waals surface area contributed by atoms with Crippen LogP contribution in [0.3, 0.4) is 0 Å². The summed E-state index contributed by atoms with van der Waals surface area (Å²) in [5.41, 5.74) is 0.365. The summed E-state index contributed by atoms with van der Waals surface area (Å²) in [5.74, 6) is 0.249. The van der Waals surface area contributed by atoms with Crippen molar-refractivity contribution >= 4 is 43.7 Å². The van der Waals surface area contributed by atoms with Gasteiger partial charge in [0, 0.05) is 16.3 Å². The first kappa shape index (κ1) is 18.4. The highest BCUT2D eigenvalue weighted by atomic mass is 35.5. The molecule has 1 fully saturated rings. The highest BCUT2D eigenvalue weighted by Crippen LogP contribution is 2.39. The second-order valence-corrected chi connectivity index (χ2v) is 7.27. The SMILES string of the molecule is CC1(C)OB(C(=Cc2cc(Cl)cc(C=O)c2O)CS)OC1(C)C. The molecule has 4 nitrogen and oxygen atoms in total. The van der Waals surface area contributed by atoms with Gasteiger partial charge in [0.25, 0.3) is 0 Å². The van der Waals surface area contributed by atoms with Gasteiger partial charge in [0.1, 0.15) is 5.75 Å². The van der Waals surface area contributed by atoms with E-state index in [2.05, 4.69) is 12.6 Å². The highest BCUT2D eigenvalue weighted by molar-refractivity contribution is 7.80. The number of carbonyl (C=O) groups excluding carboxylic acids is 1. The molecule has 1 aromatic rings. The van der Waals surface area contributed by atoms with Crippen LogP contribution >= 0.6 is 24.2 Å². The van der Waals surface area contributed by atoms with Gasteiger partial charge in [0.05, 0.1) is 16.8 Å². The van der Waals surface area contributed by atoms with Crippen LogP contribution in [0.1, 0.15) is 43.6 Å². The fourth-order valence-corrected chi connectivity index (χ4v) is 2.70. The number of thiol groups is 1. The second-order valence-electron chi connectivity index (χ2n) is 6.52. The highest BCUT2D eigenvalue weighted by Gasteiger charge is 2.52. The normalized spacial score (nSPS) is 19.9. The van der Waals surface area contributed by atoms with Crippen molar-refractivity contribution in [3.05, 3.63) is 33.8 Å². The standard InChI is InChI=1S/C16H20BClO4S/c1-15(2)16(3,4)22-17(21-15)12(9-23)5-10-6-13(18)7-11(8-19)14(10)20/h5-8,20,23H,9H2,1-4H3. The van der Waals surface area contributed by atoms with Crippen molar-refractivity contribution in [1.29, 1.82) is 0 Å². The lowest BCUT2D eigenvalue weighted by atomic mass is 9.78. The first-order valence-electron chi connectivity index (χ1n) is 7.26. The van der Waals surface area contributed by atoms with E-state index in [1.54, 1.807) is 12.1 Å². The van der Waals surface area contributed by atoms with Crippen LogP contribution in [-0.2, 0) is 9.31 Å². The molecule has 7 heteroatoms. The molecule has 0 bridgehead atoms. The lowest BCUT2D eigenvalue weighted by Gasteiger charge is -2.32. The Bertz CT molecular complexity index is 642. The Hall–Kier alpha value is -0.945. The zero-order chi connectivity index (χ0) is 17.4. The number of hydrogen-bond acceptors (Lipinski definition) is 5. The molecular formula is C16H20BClO4S. The van der Waals surface area contributed by atoms with Gasteiger partial charge in [0.15, 0.2) is 6.29 Å². The minimum absolute atomic E-state index is 0.125. The summed E-state index contributed by atoms with van der Waals surface area (Å²) < 4.78 is 12.0. The maximum Gasteiger partial charge on any atom is 0.491 e. The molecule has 124 valence electrons.